The Labute approximate surface area is 167 Å². The zero-order chi connectivity index (χ0) is 19.4. The Morgan fingerprint density at radius 2 is 1.85 bits per heavy atom. The summed E-state index contributed by atoms with van der Waals surface area (Å²) in [6.07, 6.45) is 1.50. The largest absolute Gasteiger partial charge is 0.271 e. The first kappa shape index (κ1) is 19.1. The van der Waals surface area contributed by atoms with Gasteiger partial charge in [-0.2, -0.15) is 10.2 Å². The lowest BCUT2D eigenvalue weighted by Gasteiger charge is -2.05. The standard InChI is InChI=1S/C20H18Cl2N4O/c1-13-7-3-5-9-16(13)20(27)24-23-11-17-14(2)25-26(19(17)22)12-15-8-4-6-10-18(15)21/h3-11H,12H2,1-2H3,(H,24,27)/b23-11-. The maximum atomic E-state index is 12.2. The van der Waals surface area contributed by atoms with Crippen LogP contribution in [-0.2, 0) is 6.54 Å². The van der Waals surface area contributed by atoms with Crippen LogP contribution in [0, 0.1) is 13.8 Å². The van der Waals surface area contributed by atoms with E-state index >= 15 is 0 Å². The molecule has 0 aliphatic rings. The molecule has 27 heavy (non-hydrogen) atoms. The van der Waals surface area contributed by atoms with E-state index in [4.69, 9.17) is 23.2 Å². The van der Waals surface area contributed by atoms with E-state index in [2.05, 4.69) is 15.6 Å². The van der Waals surface area contributed by atoms with Crippen LogP contribution >= 0.6 is 23.2 Å². The highest BCUT2D eigenvalue weighted by Gasteiger charge is 2.13. The molecular weight excluding hydrogens is 383 g/mol. The monoisotopic (exact) mass is 400 g/mol. The Morgan fingerprint density at radius 1 is 1.15 bits per heavy atom. The topological polar surface area (TPSA) is 59.3 Å². The number of carbonyl (C=O) groups excluding carboxylic acids is 1. The van der Waals surface area contributed by atoms with Crippen LogP contribution in [0.1, 0.15) is 32.7 Å². The van der Waals surface area contributed by atoms with Gasteiger partial charge < -0.3 is 0 Å². The highest BCUT2D eigenvalue weighted by atomic mass is 35.5. The number of halogens is 2. The van der Waals surface area contributed by atoms with E-state index in [0.29, 0.717) is 33.5 Å². The van der Waals surface area contributed by atoms with Crippen LogP contribution in [0.5, 0.6) is 0 Å². The summed E-state index contributed by atoms with van der Waals surface area (Å²) in [5.74, 6) is -0.276. The highest BCUT2D eigenvalue weighted by molar-refractivity contribution is 6.32. The summed E-state index contributed by atoms with van der Waals surface area (Å²) in [5.41, 5.74) is 6.25. The molecule has 0 aliphatic heterocycles. The zero-order valence-electron chi connectivity index (χ0n) is 14.9. The lowest BCUT2D eigenvalue weighted by molar-refractivity contribution is 0.0954. The van der Waals surface area contributed by atoms with Gasteiger partial charge in [-0.1, -0.05) is 59.6 Å². The molecule has 0 radical (unpaired) electrons. The molecule has 0 saturated carbocycles. The van der Waals surface area contributed by atoms with E-state index in [0.717, 1.165) is 11.1 Å². The molecule has 0 bridgehead atoms. The summed E-state index contributed by atoms with van der Waals surface area (Å²) in [6.45, 7) is 4.15. The number of nitrogens with one attached hydrogen (secondary N) is 1. The number of hydrogen-bond acceptors (Lipinski definition) is 3. The average molecular weight is 401 g/mol. The second kappa shape index (κ2) is 8.37. The number of benzene rings is 2. The molecule has 0 spiro atoms. The van der Waals surface area contributed by atoms with Crippen LogP contribution < -0.4 is 5.43 Å². The molecule has 0 fully saturated rings. The van der Waals surface area contributed by atoms with Crippen molar-refractivity contribution in [2.24, 2.45) is 5.10 Å². The van der Waals surface area contributed by atoms with Gasteiger partial charge in [0.05, 0.1) is 24.0 Å². The van der Waals surface area contributed by atoms with E-state index in [9.17, 15) is 4.79 Å². The number of nitrogens with zero attached hydrogens (tertiary/aromatic N) is 3. The zero-order valence-corrected chi connectivity index (χ0v) is 16.4. The lowest BCUT2D eigenvalue weighted by atomic mass is 10.1. The van der Waals surface area contributed by atoms with E-state index in [1.54, 1.807) is 10.7 Å². The summed E-state index contributed by atoms with van der Waals surface area (Å²) >= 11 is 12.6. The predicted octanol–water partition coefficient (Wildman–Crippen LogP) is 4.62. The number of carbonyl (C=O) groups is 1. The third kappa shape index (κ3) is 4.38. The molecule has 7 heteroatoms. The van der Waals surface area contributed by atoms with Crippen molar-refractivity contribution in [1.82, 2.24) is 15.2 Å². The molecule has 0 unspecified atom stereocenters. The van der Waals surface area contributed by atoms with E-state index in [1.165, 1.54) is 6.21 Å². The second-order valence-electron chi connectivity index (χ2n) is 6.05. The number of hydrogen-bond donors (Lipinski definition) is 1. The third-order valence-corrected chi connectivity index (χ3v) is 4.90. The van der Waals surface area contributed by atoms with Gasteiger partial charge in [0.15, 0.2) is 0 Å². The van der Waals surface area contributed by atoms with Crippen LogP contribution in [0.25, 0.3) is 0 Å². The normalized spacial score (nSPS) is 11.1. The van der Waals surface area contributed by atoms with Crippen molar-refractivity contribution in [3.05, 3.63) is 86.7 Å². The maximum Gasteiger partial charge on any atom is 0.271 e. The third-order valence-electron chi connectivity index (χ3n) is 4.14. The molecule has 0 saturated heterocycles. The molecular formula is C20H18Cl2N4O. The highest BCUT2D eigenvalue weighted by Crippen LogP contribution is 2.22. The first-order chi connectivity index (χ1) is 13.0. The van der Waals surface area contributed by atoms with Crippen molar-refractivity contribution >= 4 is 35.3 Å². The summed E-state index contributed by atoms with van der Waals surface area (Å²) < 4.78 is 1.66. The molecule has 1 aromatic heterocycles. The molecule has 1 heterocycles. The molecule has 2 aromatic carbocycles. The van der Waals surface area contributed by atoms with E-state index < -0.39 is 0 Å². The van der Waals surface area contributed by atoms with Crippen LogP contribution in [0.4, 0.5) is 0 Å². The summed E-state index contributed by atoms with van der Waals surface area (Å²) in [5, 5.41) is 9.56. The van der Waals surface area contributed by atoms with Crippen molar-refractivity contribution in [3.63, 3.8) is 0 Å². The van der Waals surface area contributed by atoms with Gasteiger partial charge in [0, 0.05) is 10.6 Å². The van der Waals surface area contributed by atoms with Crippen LogP contribution in [0.3, 0.4) is 0 Å². The van der Waals surface area contributed by atoms with Gasteiger partial charge in [-0.15, -0.1) is 0 Å². The first-order valence-corrected chi connectivity index (χ1v) is 9.08. The summed E-state index contributed by atoms with van der Waals surface area (Å²) in [6, 6.07) is 14.8. The fraction of sp³-hybridized carbons (Fsp3) is 0.150. The summed E-state index contributed by atoms with van der Waals surface area (Å²) in [7, 11) is 0. The van der Waals surface area contributed by atoms with Crippen LogP contribution in [-0.4, -0.2) is 21.9 Å². The van der Waals surface area contributed by atoms with Gasteiger partial charge in [0.2, 0.25) is 0 Å². The fourth-order valence-corrected chi connectivity index (χ4v) is 3.13. The Morgan fingerprint density at radius 3 is 2.59 bits per heavy atom. The van der Waals surface area contributed by atoms with E-state index in [-0.39, 0.29) is 5.91 Å². The molecule has 3 aromatic rings. The van der Waals surface area contributed by atoms with Crippen molar-refractivity contribution < 1.29 is 4.79 Å². The van der Waals surface area contributed by atoms with Gasteiger partial charge in [0.25, 0.3) is 5.91 Å². The Kier molecular flexibility index (Phi) is 5.94. The average Bonchev–Trinajstić information content (AvgIpc) is 2.91. The number of hydrazone groups is 1. The minimum atomic E-state index is -0.276. The molecule has 0 aliphatic carbocycles. The quantitative estimate of drug-likeness (QED) is 0.501. The van der Waals surface area contributed by atoms with Gasteiger partial charge in [-0.25, -0.2) is 10.1 Å². The van der Waals surface area contributed by atoms with Crippen molar-refractivity contribution in [2.45, 2.75) is 20.4 Å². The molecule has 1 N–H and O–H groups in total. The fourth-order valence-electron chi connectivity index (χ4n) is 2.65. The number of aryl methyl sites for hydroxylation is 2. The summed E-state index contributed by atoms with van der Waals surface area (Å²) in [4.78, 5) is 12.2. The Hall–Kier alpha value is -2.63. The first-order valence-electron chi connectivity index (χ1n) is 8.32. The minimum Gasteiger partial charge on any atom is -0.267 e. The van der Waals surface area contributed by atoms with Crippen LogP contribution in [0.15, 0.2) is 53.6 Å². The molecule has 138 valence electrons. The smallest absolute Gasteiger partial charge is 0.267 e. The van der Waals surface area contributed by atoms with E-state index in [1.807, 2.05) is 56.3 Å². The number of aromatic nitrogens is 2. The van der Waals surface area contributed by atoms with Gasteiger partial charge in [-0.05, 0) is 37.1 Å². The van der Waals surface area contributed by atoms with Crippen LogP contribution in [0.2, 0.25) is 10.2 Å². The Balaban J connectivity index is 1.75. The predicted molar refractivity (Wildman–Crippen MR) is 109 cm³/mol. The van der Waals surface area contributed by atoms with Crippen molar-refractivity contribution in [2.75, 3.05) is 0 Å². The van der Waals surface area contributed by atoms with Gasteiger partial charge in [-0.3, -0.25) is 4.79 Å². The van der Waals surface area contributed by atoms with Crippen molar-refractivity contribution in [1.29, 1.82) is 0 Å². The maximum absolute atomic E-state index is 12.2. The molecule has 0 atom stereocenters. The molecule has 5 nitrogen and oxygen atoms in total. The Bertz CT molecular complexity index is 1010. The molecule has 1 amide bonds. The van der Waals surface area contributed by atoms with Gasteiger partial charge in [0.1, 0.15) is 5.15 Å². The second-order valence-corrected chi connectivity index (χ2v) is 6.82. The minimum absolute atomic E-state index is 0.276. The SMILES string of the molecule is Cc1ccccc1C(=O)N/N=C\c1c(C)nn(Cc2ccccc2Cl)c1Cl. The van der Waals surface area contributed by atoms with Gasteiger partial charge >= 0.3 is 0 Å². The molecule has 3 rings (SSSR count). The number of rotatable bonds is 5. The number of amides is 1. The lowest BCUT2D eigenvalue weighted by Crippen LogP contribution is -2.18. The van der Waals surface area contributed by atoms with Crippen molar-refractivity contribution in [3.8, 4) is 0 Å².